The number of nitrogens with one attached hydrogen (secondary N) is 1. The summed E-state index contributed by atoms with van der Waals surface area (Å²) in [6.07, 6.45) is 6.98. The Hall–Kier alpha value is -0.0800. The van der Waals surface area contributed by atoms with E-state index in [4.69, 9.17) is 0 Å². The van der Waals surface area contributed by atoms with Crippen LogP contribution in [0.2, 0.25) is 0 Å². The van der Waals surface area contributed by atoms with Crippen LogP contribution in [-0.4, -0.2) is 37.1 Å². The maximum absolute atomic E-state index is 3.65. The van der Waals surface area contributed by atoms with Crippen LogP contribution in [0.4, 0.5) is 0 Å². The second-order valence-corrected chi connectivity index (χ2v) is 4.87. The minimum atomic E-state index is 0.874. The third-order valence-electron chi connectivity index (χ3n) is 3.70. The minimum Gasteiger partial charge on any atom is -0.314 e. The highest BCUT2D eigenvalue weighted by Crippen LogP contribution is 2.32. The van der Waals surface area contributed by atoms with E-state index in [0.717, 1.165) is 12.0 Å². The molecule has 2 atom stereocenters. The first-order valence-corrected chi connectivity index (χ1v) is 6.36. The van der Waals surface area contributed by atoms with Gasteiger partial charge in [0.25, 0.3) is 0 Å². The SMILES string of the molecule is CCC1CC1NCCCN1CCCC1. The fourth-order valence-electron chi connectivity index (χ4n) is 2.55. The highest BCUT2D eigenvalue weighted by molar-refractivity contribution is 4.91. The van der Waals surface area contributed by atoms with Gasteiger partial charge >= 0.3 is 0 Å². The van der Waals surface area contributed by atoms with Crippen molar-refractivity contribution in [2.45, 2.75) is 45.1 Å². The Balaban J connectivity index is 1.44. The van der Waals surface area contributed by atoms with Crippen LogP contribution in [0.5, 0.6) is 0 Å². The summed E-state index contributed by atoms with van der Waals surface area (Å²) in [5.74, 6) is 1.00. The number of rotatable bonds is 6. The molecule has 0 amide bonds. The standard InChI is InChI=1S/C12H24N2/c1-2-11-10-12(11)13-6-5-9-14-7-3-4-8-14/h11-13H,2-10H2,1H3. The first-order chi connectivity index (χ1) is 6.90. The molecule has 1 saturated heterocycles. The first-order valence-electron chi connectivity index (χ1n) is 6.36. The van der Waals surface area contributed by atoms with Crippen molar-refractivity contribution in [1.29, 1.82) is 0 Å². The molecule has 1 heterocycles. The topological polar surface area (TPSA) is 15.3 Å². The second kappa shape index (κ2) is 5.13. The Bertz CT molecular complexity index is 164. The lowest BCUT2D eigenvalue weighted by molar-refractivity contribution is 0.330. The van der Waals surface area contributed by atoms with E-state index >= 15 is 0 Å². The molecule has 0 aromatic carbocycles. The quantitative estimate of drug-likeness (QED) is 0.652. The highest BCUT2D eigenvalue weighted by Gasteiger charge is 2.34. The molecule has 2 rings (SSSR count). The van der Waals surface area contributed by atoms with Crippen LogP contribution >= 0.6 is 0 Å². The van der Waals surface area contributed by atoms with Crippen molar-refractivity contribution in [3.63, 3.8) is 0 Å². The van der Waals surface area contributed by atoms with Gasteiger partial charge in [-0.2, -0.15) is 0 Å². The summed E-state index contributed by atoms with van der Waals surface area (Å²) in [5.41, 5.74) is 0. The number of hydrogen-bond acceptors (Lipinski definition) is 2. The van der Waals surface area contributed by atoms with Gasteiger partial charge in [-0.25, -0.2) is 0 Å². The van der Waals surface area contributed by atoms with Crippen molar-refractivity contribution >= 4 is 0 Å². The van der Waals surface area contributed by atoms with Gasteiger partial charge < -0.3 is 10.2 Å². The molecule has 14 heavy (non-hydrogen) atoms. The molecule has 2 aliphatic rings. The van der Waals surface area contributed by atoms with Crippen molar-refractivity contribution < 1.29 is 0 Å². The maximum atomic E-state index is 3.65. The van der Waals surface area contributed by atoms with Crippen LogP contribution in [0.25, 0.3) is 0 Å². The molecule has 1 saturated carbocycles. The number of nitrogens with zero attached hydrogens (tertiary/aromatic N) is 1. The fraction of sp³-hybridized carbons (Fsp3) is 1.00. The van der Waals surface area contributed by atoms with Crippen molar-refractivity contribution in [3.05, 3.63) is 0 Å². The molecule has 2 fully saturated rings. The van der Waals surface area contributed by atoms with E-state index in [9.17, 15) is 0 Å². The van der Waals surface area contributed by atoms with Gasteiger partial charge in [0.2, 0.25) is 0 Å². The van der Waals surface area contributed by atoms with E-state index in [1.807, 2.05) is 0 Å². The zero-order chi connectivity index (χ0) is 9.80. The Morgan fingerprint density at radius 1 is 1.29 bits per heavy atom. The van der Waals surface area contributed by atoms with E-state index in [2.05, 4.69) is 17.1 Å². The average Bonchev–Trinajstić information content (AvgIpc) is 2.77. The van der Waals surface area contributed by atoms with Gasteiger partial charge in [-0.05, 0) is 57.8 Å². The normalized spacial score (nSPS) is 32.4. The summed E-state index contributed by atoms with van der Waals surface area (Å²) in [4.78, 5) is 2.60. The second-order valence-electron chi connectivity index (χ2n) is 4.87. The van der Waals surface area contributed by atoms with Crippen LogP contribution in [0, 0.1) is 5.92 Å². The molecule has 0 radical (unpaired) electrons. The molecule has 2 unspecified atom stereocenters. The Morgan fingerprint density at radius 3 is 2.71 bits per heavy atom. The summed E-state index contributed by atoms with van der Waals surface area (Å²) in [6, 6.07) is 0.874. The monoisotopic (exact) mass is 196 g/mol. The van der Waals surface area contributed by atoms with Crippen LogP contribution in [-0.2, 0) is 0 Å². The van der Waals surface area contributed by atoms with Crippen LogP contribution < -0.4 is 5.32 Å². The molecule has 0 aromatic heterocycles. The van der Waals surface area contributed by atoms with Gasteiger partial charge in [0.05, 0.1) is 0 Å². The molecule has 0 bridgehead atoms. The van der Waals surface area contributed by atoms with E-state index in [0.29, 0.717) is 0 Å². The summed E-state index contributed by atoms with van der Waals surface area (Å²) in [5, 5.41) is 3.65. The molecule has 0 aromatic rings. The van der Waals surface area contributed by atoms with E-state index in [-0.39, 0.29) is 0 Å². The van der Waals surface area contributed by atoms with Crippen molar-refractivity contribution in [1.82, 2.24) is 10.2 Å². The maximum Gasteiger partial charge on any atom is 0.00990 e. The van der Waals surface area contributed by atoms with Gasteiger partial charge in [0, 0.05) is 6.04 Å². The van der Waals surface area contributed by atoms with Crippen molar-refractivity contribution in [2.24, 2.45) is 5.92 Å². The van der Waals surface area contributed by atoms with Crippen LogP contribution in [0.1, 0.15) is 39.0 Å². The fourth-order valence-corrected chi connectivity index (χ4v) is 2.55. The van der Waals surface area contributed by atoms with Gasteiger partial charge in [-0.15, -0.1) is 0 Å². The van der Waals surface area contributed by atoms with Gasteiger partial charge in [-0.1, -0.05) is 13.3 Å². The lowest BCUT2D eigenvalue weighted by Gasteiger charge is -2.14. The highest BCUT2D eigenvalue weighted by atomic mass is 15.1. The van der Waals surface area contributed by atoms with Crippen LogP contribution in [0.3, 0.4) is 0 Å². The Morgan fingerprint density at radius 2 is 2.07 bits per heavy atom. The molecule has 0 spiro atoms. The molecule has 2 nitrogen and oxygen atoms in total. The van der Waals surface area contributed by atoms with Crippen LogP contribution in [0.15, 0.2) is 0 Å². The Labute approximate surface area is 88.1 Å². The zero-order valence-corrected chi connectivity index (χ0v) is 9.47. The van der Waals surface area contributed by atoms with E-state index in [1.54, 1.807) is 0 Å². The lowest BCUT2D eigenvalue weighted by Crippen LogP contribution is -2.26. The predicted octanol–water partition coefficient (Wildman–Crippen LogP) is 1.86. The van der Waals surface area contributed by atoms with Crippen molar-refractivity contribution in [2.75, 3.05) is 26.2 Å². The van der Waals surface area contributed by atoms with Gasteiger partial charge in [0.1, 0.15) is 0 Å². The third-order valence-corrected chi connectivity index (χ3v) is 3.70. The third kappa shape index (κ3) is 2.96. The largest absolute Gasteiger partial charge is 0.314 e. The summed E-state index contributed by atoms with van der Waals surface area (Å²) >= 11 is 0. The molecule has 1 N–H and O–H groups in total. The smallest absolute Gasteiger partial charge is 0.00990 e. The number of hydrogen-bond donors (Lipinski definition) is 1. The lowest BCUT2D eigenvalue weighted by atomic mass is 10.3. The Kier molecular flexibility index (Phi) is 3.82. The van der Waals surface area contributed by atoms with Gasteiger partial charge in [-0.3, -0.25) is 0 Å². The molecule has 2 heteroatoms. The summed E-state index contributed by atoms with van der Waals surface area (Å²) < 4.78 is 0. The minimum absolute atomic E-state index is 0.874. The summed E-state index contributed by atoms with van der Waals surface area (Å²) in [7, 11) is 0. The molecule has 82 valence electrons. The average molecular weight is 196 g/mol. The predicted molar refractivity (Wildman–Crippen MR) is 60.5 cm³/mol. The molecular formula is C12H24N2. The zero-order valence-electron chi connectivity index (χ0n) is 9.47. The van der Waals surface area contributed by atoms with E-state index < -0.39 is 0 Å². The molecule has 1 aliphatic heterocycles. The first kappa shape index (κ1) is 10.4. The van der Waals surface area contributed by atoms with Gasteiger partial charge in [0.15, 0.2) is 0 Å². The number of likely N-dealkylation sites (tertiary alicyclic amines) is 1. The van der Waals surface area contributed by atoms with E-state index in [1.165, 1.54) is 58.3 Å². The van der Waals surface area contributed by atoms with Crippen molar-refractivity contribution in [3.8, 4) is 0 Å². The molecular weight excluding hydrogens is 172 g/mol. The summed E-state index contributed by atoms with van der Waals surface area (Å²) in [6.45, 7) is 7.55. The molecule has 1 aliphatic carbocycles.